The number of hydrogen-bond donors (Lipinski definition) is 3. The highest BCUT2D eigenvalue weighted by Crippen LogP contribution is 2.11. The van der Waals surface area contributed by atoms with Crippen molar-refractivity contribution in [2.75, 3.05) is 6.54 Å². The van der Waals surface area contributed by atoms with Crippen LogP contribution in [0.5, 0.6) is 0 Å². The summed E-state index contributed by atoms with van der Waals surface area (Å²) in [6.07, 6.45) is 0.758. The van der Waals surface area contributed by atoms with Gasteiger partial charge in [0.2, 0.25) is 0 Å². The van der Waals surface area contributed by atoms with Gasteiger partial charge in [-0.05, 0) is 38.7 Å². The molecule has 1 amide bonds. The molecule has 146 valence electrons. The summed E-state index contributed by atoms with van der Waals surface area (Å²) < 4.78 is 5.32. The highest BCUT2D eigenvalue weighted by atomic mass is 16.6. The monoisotopic (exact) mass is 364 g/mol. The van der Waals surface area contributed by atoms with E-state index < -0.39 is 23.7 Å². The molecule has 0 saturated carbocycles. The zero-order valence-electron chi connectivity index (χ0n) is 16.4. The van der Waals surface area contributed by atoms with Crippen molar-refractivity contribution >= 4 is 12.1 Å². The summed E-state index contributed by atoms with van der Waals surface area (Å²) >= 11 is 0. The van der Waals surface area contributed by atoms with Crippen molar-refractivity contribution in [1.29, 1.82) is 0 Å². The normalized spacial score (nSPS) is 15.0. The average molecular weight is 364 g/mol. The van der Waals surface area contributed by atoms with Crippen molar-refractivity contribution < 1.29 is 19.4 Å². The summed E-state index contributed by atoms with van der Waals surface area (Å²) in [5.41, 5.74) is 0.376. The molecule has 0 aliphatic heterocycles. The Morgan fingerprint density at radius 1 is 1.19 bits per heavy atom. The standard InChI is InChI=1S/C20H32N2O4/c1-6-14(2)17(22-19(25)26-20(3,4)5)13-21-16(18(23)24)12-15-10-8-7-9-11-15/h7-11,14,16-17,21H,6,12-13H2,1-5H3,(H,22,25)(H,23,24)/t14-,16?,17+/m0/s1. The largest absolute Gasteiger partial charge is 0.480 e. The predicted octanol–water partition coefficient (Wildman–Crippen LogP) is 3.21. The van der Waals surface area contributed by atoms with E-state index in [0.717, 1.165) is 12.0 Å². The minimum absolute atomic E-state index is 0.182. The molecule has 1 rings (SSSR count). The van der Waals surface area contributed by atoms with Gasteiger partial charge in [-0.3, -0.25) is 4.79 Å². The Labute approximate surface area is 156 Å². The highest BCUT2D eigenvalue weighted by molar-refractivity contribution is 5.74. The van der Waals surface area contributed by atoms with Crippen LogP contribution >= 0.6 is 0 Å². The van der Waals surface area contributed by atoms with E-state index in [9.17, 15) is 14.7 Å². The summed E-state index contributed by atoms with van der Waals surface area (Å²) in [5, 5.41) is 15.5. The van der Waals surface area contributed by atoms with Gasteiger partial charge in [0.15, 0.2) is 0 Å². The van der Waals surface area contributed by atoms with Crippen molar-refractivity contribution in [3.8, 4) is 0 Å². The van der Waals surface area contributed by atoms with Gasteiger partial charge in [-0.1, -0.05) is 50.6 Å². The molecule has 0 bridgehead atoms. The lowest BCUT2D eigenvalue weighted by Gasteiger charge is -2.28. The number of alkyl carbamates (subject to hydrolysis) is 1. The molecule has 0 saturated heterocycles. The highest BCUT2D eigenvalue weighted by Gasteiger charge is 2.25. The third kappa shape index (κ3) is 8.34. The first-order chi connectivity index (χ1) is 12.1. The predicted molar refractivity (Wildman–Crippen MR) is 102 cm³/mol. The summed E-state index contributed by atoms with van der Waals surface area (Å²) in [6.45, 7) is 9.85. The van der Waals surface area contributed by atoms with Crippen LogP contribution in [0.25, 0.3) is 0 Å². The van der Waals surface area contributed by atoms with E-state index in [1.807, 2.05) is 65.0 Å². The van der Waals surface area contributed by atoms with Crippen LogP contribution in [0.1, 0.15) is 46.6 Å². The molecule has 3 atom stereocenters. The number of benzene rings is 1. The number of amides is 1. The van der Waals surface area contributed by atoms with Gasteiger partial charge in [-0.15, -0.1) is 0 Å². The summed E-state index contributed by atoms with van der Waals surface area (Å²) in [6, 6.07) is 8.56. The number of carbonyl (C=O) groups is 2. The van der Waals surface area contributed by atoms with Gasteiger partial charge in [0.1, 0.15) is 11.6 Å². The van der Waals surface area contributed by atoms with E-state index in [4.69, 9.17) is 4.74 Å². The number of hydrogen-bond acceptors (Lipinski definition) is 4. The second-order valence-corrected chi connectivity index (χ2v) is 7.63. The Morgan fingerprint density at radius 2 is 1.81 bits per heavy atom. The summed E-state index contributed by atoms with van der Waals surface area (Å²) in [4.78, 5) is 23.7. The maximum Gasteiger partial charge on any atom is 0.407 e. The van der Waals surface area contributed by atoms with Crippen molar-refractivity contribution in [3.63, 3.8) is 0 Å². The number of ether oxygens (including phenoxy) is 1. The molecule has 6 heteroatoms. The second-order valence-electron chi connectivity index (χ2n) is 7.63. The molecule has 0 aliphatic rings. The lowest BCUT2D eigenvalue weighted by atomic mass is 9.98. The second kappa shape index (κ2) is 10.2. The smallest absolute Gasteiger partial charge is 0.407 e. The summed E-state index contributed by atoms with van der Waals surface area (Å²) in [7, 11) is 0. The van der Waals surface area contributed by atoms with Crippen molar-refractivity contribution in [3.05, 3.63) is 35.9 Å². The lowest BCUT2D eigenvalue weighted by Crippen LogP contribution is -2.51. The molecule has 0 spiro atoms. The van der Waals surface area contributed by atoms with Crippen LogP contribution in [0.3, 0.4) is 0 Å². The van der Waals surface area contributed by atoms with Crippen LogP contribution in [0.2, 0.25) is 0 Å². The molecule has 1 aromatic carbocycles. The molecule has 3 N–H and O–H groups in total. The van der Waals surface area contributed by atoms with Crippen LogP contribution < -0.4 is 10.6 Å². The van der Waals surface area contributed by atoms with Crippen molar-refractivity contribution in [1.82, 2.24) is 10.6 Å². The minimum Gasteiger partial charge on any atom is -0.480 e. The summed E-state index contributed by atoms with van der Waals surface area (Å²) in [5.74, 6) is -0.727. The first-order valence-electron chi connectivity index (χ1n) is 9.12. The number of rotatable bonds is 9. The third-order valence-electron chi connectivity index (χ3n) is 4.20. The zero-order chi connectivity index (χ0) is 19.7. The van der Waals surface area contributed by atoms with Gasteiger partial charge in [-0.2, -0.15) is 0 Å². The van der Waals surface area contributed by atoms with E-state index in [0.29, 0.717) is 13.0 Å². The van der Waals surface area contributed by atoms with Gasteiger partial charge in [-0.25, -0.2) is 4.79 Å². The van der Waals surface area contributed by atoms with Gasteiger partial charge in [0, 0.05) is 12.6 Å². The Balaban J connectivity index is 2.70. The molecule has 0 aromatic heterocycles. The van der Waals surface area contributed by atoms with Crippen molar-refractivity contribution in [2.45, 2.75) is 65.1 Å². The maximum absolute atomic E-state index is 12.1. The van der Waals surface area contributed by atoms with Crippen LogP contribution in [0.4, 0.5) is 4.79 Å². The van der Waals surface area contributed by atoms with E-state index in [1.54, 1.807) is 0 Å². The fraction of sp³-hybridized carbons (Fsp3) is 0.600. The SMILES string of the molecule is CC[C@H](C)[C@@H](CNC(Cc1ccccc1)C(=O)O)NC(=O)OC(C)(C)C. The van der Waals surface area contributed by atoms with Crippen LogP contribution in [0, 0.1) is 5.92 Å². The lowest BCUT2D eigenvalue weighted by molar-refractivity contribution is -0.139. The number of nitrogens with one attached hydrogen (secondary N) is 2. The first kappa shape index (κ1) is 22.0. The molecule has 0 fully saturated rings. The third-order valence-corrected chi connectivity index (χ3v) is 4.20. The maximum atomic E-state index is 12.1. The number of carboxylic acid groups (broad SMARTS) is 1. The molecule has 0 radical (unpaired) electrons. The molecule has 6 nitrogen and oxygen atoms in total. The van der Waals surface area contributed by atoms with Crippen LogP contribution in [0.15, 0.2) is 30.3 Å². The van der Waals surface area contributed by atoms with E-state index in [1.165, 1.54) is 0 Å². The van der Waals surface area contributed by atoms with E-state index >= 15 is 0 Å². The first-order valence-corrected chi connectivity index (χ1v) is 9.12. The average Bonchev–Trinajstić information content (AvgIpc) is 2.55. The van der Waals surface area contributed by atoms with Gasteiger partial charge >= 0.3 is 12.1 Å². The fourth-order valence-corrected chi connectivity index (χ4v) is 2.50. The molecular weight excluding hydrogens is 332 g/mol. The molecule has 0 heterocycles. The van der Waals surface area contributed by atoms with Crippen molar-refractivity contribution in [2.24, 2.45) is 5.92 Å². The zero-order valence-corrected chi connectivity index (χ0v) is 16.4. The van der Waals surface area contributed by atoms with Gasteiger partial charge in [0.05, 0.1) is 0 Å². The number of carbonyl (C=O) groups excluding carboxylic acids is 1. The molecule has 26 heavy (non-hydrogen) atoms. The van der Waals surface area contributed by atoms with Crippen LogP contribution in [-0.4, -0.2) is 41.4 Å². The number of aliphatic carboxylic acids is 1. The van der Waals surface area contributed by atoms with E-state index in [2.05, 4.69) is 10.6 Å². The van der Waals surface area contributed by atoms with Gasteiger partial charge < -0.3 is 20.5 Å². The molecule has 0 aliphatic carbocycles. The minimum atomic E-state index is -0.908. The van der Waals surface area contributed by atoms with E-state index in [-0.39, 0.29) is 12.0 Å². The molecule has 1 aromatic rings. The topological polar surface area (TPSA) is 87.7 Å². The number of carboxylic acids is 1. The fourth-order valence-electron chi connectivity index (χ4n) is 2.50. The Hall–Kier alpha value is -2.08. The van der Waals surface area contributed by atoms with Crippen LogP contribution in [-0.2, 0) is 16.0 Å². The molecule has 1 unspecified atom stereocenters. The quantitative estimate of drug-likeness (QED) is 0.626. The Bertz CT molecular complexity index is 569. The Kier molecular flexibility index (Phi) is 8.58. The van der Waals surface area contributed by atoms with Gasteiger partial charge in [0.25, 0.3) is 0 Å². The molecular formula is C20H32N2O4. The Morgan fingerprint density at radius 3 is 2.31 bits per heavy atom.